The molecule has 1 amide bonds. The molecule has 2 aliphatic heterocycles. The van der Waals surface area contributed by atoms with Crippen molar-refractivity contribution >= 4 is 11.7 Å². The summed E-state index contributed by atoms with van der Waals surface area (Å²) in [6.07, 6.45) is 7.21. The first kappa shape index (κ1) is 15.7. The average molecular weight is 353 g/mol. The van der Waals surface area contributed by atoms with Crippen molar-refractivity contribution in [1.82, 2.24) is 29.9 Å². The summed E-state index contributed by atoms with van der Waals surface area (Å²) < 4.78 is 1.57. The van der Waals surface area contributed by atoms with Gasteiger partial charge in [-0.15, -0.1) is 5.10 Å². The van der Waals surface area contributed by atoms with E-state index in [0.717, 1.165) is 32.0 Å². The topological polar surface area (TPSA) is 80.0 Å². The highest BCUT2D eigenvalue weighted by Crippen LogP contribution is 2.37. The number of fused-ring (bicyclic) bond motifs is 1. The van der Waals surface area contributed by atoms with Crippen molar-refractivity contribution in [2.75, 3.05) is 31.1 Å². The van der Waals surface area contributed by atoms with Crippen molar-refractivity contribution in [1.29, 1.82) is 0 Å². The van der Waals surface area contributed by atoms with Crippen LogP contribution in [-0.4, -0.2) is 61.9 Å². The van der Waals surface area contributed by atoms with E-state index in [0.29, 0.717) is 23.4 Å². The number of aromatic nitrogens is 5. The summed E-state index contributed by atoms with van der Waals surface area (Å²) in [5.74, 6) is 2.66. The molecule has 2 unspecified atom stereocenters. The molecule has 4 heterocycles. The molecule has 3 fully saturated rings. The van der Waals surface area contributed by atoms with Gasteiger partial charge in [-0.3, -0.25) is 9.48 Å². The second-order valence-electron chi connectivity index (χ2n) is 7.84. The first-order valence-electron chi connectivity index (χ1n) is 9.40. The van der Waals surface area contributed by atoms with E-state index in [1.165, 1.54) is 25.0 Å². The lowest BCUT2D eigenvalue weighted by Gasteiger charge is -2.26. The van der Waals surface area contributed by atoms with Crippen molar-refractivity contribution in [3.05, 3.63) is 30.0 Å². The molecular weight excluding hydrogens is 330 g/mol. The summed E-state index contributed by atoms with van der Waals surface area (Å²) >= 11 is 0. The second kappa shape index (κ2) is 6.03. The highest BCUT2D eigenvalue weighted by Gasteiger charge is 2.42. The first-order chi connectivity index (χ1) is 12.7. The summed E-state index contributed by atoms with van der Waals surface area (Å²) in [5, 5.41) is 7.81. The van der Waals surface area contributed by atoms with Gasteiger partial charge in [-0.2, -0.15) is 0 Å². The molecule has 5 rings (SSSR count). The molecule has 2 aromatic heterocycles. The van der Waals surface area contributed by atoms with Crippen molar-refractivity contribution in [3.63, 3.8) is 0 Å². The van der Waals surface area contributed by atoms with E-state index in [9.17, 15) is 4.79 Å². The number of anilines is 1. The zero-order chi connectivity index (χ0) is 17.7. The van der Waals surface area contributed by atoms with E-state index in [2.05, 4.69) is 31.2 Å². The van der Waals surface area contributed by atoms with Gasteiger partial charge in [0, 0.05) is 62.7 Å². The van der Waals surface area contributed by atoms with Gasteiger partial charge in [-0.1, -0.05) is 11.6 Å². The van der Waals surface area contributed by atoms with Gasteiger partial charge in [0.05, 0.1) is 6.20 Å². The second-order valence-corrected chi connectivity index (χ2v) is 7.84. The van der Waals surface area contributed by atoms with Crippen LogP contribution in [-0.2, 0) is 7.05 Å². The molecule has 136 valence electrons. The number of aryl methyl sites for hydroxylation is 1. The van der Waals surface area contributed by atoms with Crippen LogP contribution in [0.1, 0.15) is 41.4 Å². The van der Waals surface area contributed by atoms with Gasteiger partial charge >= 0.3 is 0 Å². The molecule has 0 aromatic carbocycles. The Balaban J connectivity index is 1.25. The van der Waals surface area contributed by atoms with E-state index in [1.807, 2.05) is 4.90 Å². The molecule has 0 bridgehead atoms. The third-order valence-corrected chi connectivity index (χ3v) is 6.12. The summed E-state index contributed by atoms with van der Waals surface area (Å²) in [4.78, 5) is 25.8. The van der Waals surface area contributed by atoms with Crippen molar-refractivity contribution in [2.24, 2.45) is 18.9 Å². The molecule has 1 aliphatic carbocycles. The SMILES string of the molecule is Cn1cc(C(=O)N2CC3CN(c4cc(C5CCC5)ncn4)CC3C2)nn1. The Kier molecular flexibility index (Phi) is 3.65. The maximum Gasteiger partial charge on any atom is 0.276 e. The van der Waals surface area contributed by atoms with E-state index < -0.39 is 0 Å². The molecule has 1 saturated carbocycles. The molecular formula is C18H23N7O. The Bertz CT molecular complexity index is 816. The molecule has 3 aliphatic rings. The first-order valence-corrected chi connectivity index (χ1v) is 9.40. The molecule has 0 N–H and O–H groups in total. The lowest BCUT2D eigenvalue weighted by molar-refractivity contribution is 0.0776. The normalized spacial score (nSPS) is 25.4. The van der Waals surface area contributed by atoms with E-state index >= 15 is 0 Å². The summed E-state index contributed by atoms with van der Waals surface area (Å²) in [6, 6.07) is 2.17. The molecule has 0 spiro atoms. The van der Waals surface area contributed by atoms with Crippen molar-refractivity contribution in [3.8, 4) is 0 Å². The summed E-state index contributed by atoms with van der Waals surface area (Å²) in [5.41, 5.74) is 1.63. The van der Waals surface area contributed by atoms with Gasteiger partial charge in [0.15, 0.2) is 5.69 Å². The molecule has 8 heteroatoms. The average Bonchev–Trinajstić information content (AvgIpc) is 3.27. The zero-order valence-corrected chi connectivity index (χ0v) is 15.0. The monoisotopic (exact) mass is 353 g/mol. The van der Waals surface area contributed by atoms with Crippen LogP contribution >= 0.6 is 0 Å². The standard InChI is InChI=1S/C18H23N7O/c1-23-10-16(21-22-23)18(26)25-8-13-6-24(7-14(13)9-25)17-5-15(19-11-20-17)12-3-2-4-12/h5,10-14H,2-4,6-9H2,1H3. The molecule has 2 atom stereocenters. The summed E-state index contributed by atoms with van der Waals surface area (Å²) in [7, 11) is 1.78. The number of amides is 1. The number of hydrogen-bond acceptors (Lipinski definition) is 6. The van der Waals surface area contributed by atoms with Gasteiger partial charge in [0.1, 0.15) is 12.1 Å². The number of nitrogens with zero attached hydrogens (tertiary/aromatic N) is 7. The van der Waals surface area contributed by atoms with Crippen LogP contribution in [0.15, 0.2) is 18.6 Å². The van der Waals surface area contributed by atoms with Crippen LogP contribution in [0.25, 0.3) is 0 Å². The Hall–Kier alpha value is -2.51. The van der Waals surface area contributed by atoms with Gasteiger partial charge in [-0.05, 0) is 12.8 Å². The molecule has 8 nitrogen and oxygen atoms in total. The molecule has 26 heavy (non-hydrogen) atoms. The quantitative estimate of drug-likeness (QED) is 0.821. The van der Waals surface area contributed by atoms with Crippen LogP contribution in [0.4, 0.5) is 5.82 Å². The third-order valence-electron chi connectivity index (χ3n) is 6.12. The van der Waals surface area contributed by atoms with Gasteiger partial charge in [0.2, 0.25) is 0 Å². The maximum absolute atomic E-state index is 12.6. The van der Waals surface area contributed by atoms with Crippen LogP contribution in [0.3, 0.4) is 0 Å². The molecule has 2 aromatic rings. The minimum Gasteiger partial charge on any atom is -0.356 e. The largest absolute Gasteiger partial charge is 0.356 e. The Labute approximate surface area is 152 Å². The smallest absolute Gasteiger partial charge is 0.276 e. The fourth-order valence-corrected chi connectivity index (χ4v) is 4.42. The number of hydrogen-bond donors (Lipinski definition) is 0. The van der Waals surface area contributed by atoms with Crippen LogP contribution in [0.2, 0.25) is 0 Å². The molecule has 2 saturated heterocycles. The number of carbonyl (C=O) groups excluding carboxylic acids is 1. The lowest BCUT2D eigenvalue weighted by atomic mass is 9.83. The van der Waals surface area contributed by atoms with Crippen LogP contribution < -0.4 is 4.90 Å². The number of likely N-dealkylation sites (tertiary alicyclic amines) is 1. The number of carbonyl (C=O) groups is 1. The highest BCUT2D eigenvalue weighted by molar-refractivity contribution is 5.92. The minimum atomic E-state index is -0.00615. The fourth-order valence-electron chi connectivity index (χ4n) is 4.42. The van der Waals surface area contributed by atoms with Gasteiger partial charge in [-0.25, -0.2) is 9.97 Å². The van der Waals surface area contributed by atoms with Crippen molar-refractivity contribution in [2.45, 2.75) is 25.2 Å². The Morgan fingerprint density at radius 1 is 1.12 bits per heavy atom. The highest BCUT2D eigenvalue weighted by atomic mass is 16.2. The van der Waals surface area contributed by atoms with E-state index in [4.69, 9.17) is 0 Å². The summed E-state index contributed by atoms with van der Waals surface area (Å²) in [6.45, 7) is 3.49. The van der Waals surface area contributed by atoms with Gasteiger partial charge < -0.3 is 9.80 Å². The lowest BCUT2D eigenvalue weighted by Crippen LogP contribution is -2.33. The zero-order valence-electron chi connectivity index (χ0n) is 15.0. The fraction of sp³-hybridized carbons (Fsp3) is 0.611. The van der Waals surface area contributed by atoms with Crippen LogP contribution in [0, 0.1) is 11.8 Å². The number of rotatable bonds is 3. The predicted octanol–water partition coefficient (Wildman–Crippen LogP) is 1.08. The van der Waals surface area contributed by atoms with Gasteiger partial charge in [0.25, 0.3) is 5.91 Å². The third kappa shape index (κ3) is 2.64. The van der Waals surface area contributed by atoms with Crippen LogP contribution in [0.5, 0.6) is 0 Å². The Morgan fingerprint density at radius 3 is 2.50 bits per heavy atom. The van der Waals surface area contributed by atoms with Crippen molar-refractivity contribution < 1.29 is 4.79 Å². The molecule has 0 radical (unpaired) electrons. The predicted molar refractivity (Wildman–Crippen MR) is 94.7 cm³/mol. The Morgan fingerprint density at radius 2 is 1.88 bits per heavy atom. The van der Waals surface area contributed by atoms with E-state index in [1.54, 1.807) is 24.3 Å². The van der Waals surface area contributed by atoms with E-state index in [-0.39, 0.29) is 5.91 Å². The minimum absolute atomic E-state index is 0.00615. The maximum atomic E-state index is 12.6.